The zero-order valence-electron chi connectivity index (χ0n) is 10.4. The largest absolute Gasteiger partial charge is 0.0993 e. The highest BCUT2D eigenvalue weighted by molar-refractivity contribution is 5.35. The van der Waals surface area contributed by atoms with Gasteiger partial charge in [0.1, 0.15) is 0 Å². The van der Waals surface area contributed by atoms with E-state index in [2.05, 4.69) is 27.4 Å². The van der Waals surface area contributed by atoms with Gasteiger partial charge in [0, 0.05) is 5.41 Å². The summed E-state index contributed by atoms with van der Waals surface area (Å²) in [6, 6.07) is 0. The monoisotopic (exact) mass is 204 g/mol. The quantitative estimate of drug-likeness (QED) is 0.559. The summed E-state index contributed by atoms with van der Waals surface area (Å²) in [5, 5.41) is 0. The highest BCUT2D eigenvalue weighted by Crippen LogP contribution is 2.79. The van der Waals surface area contributed by atoms with E-state index in [1.807, 2.05) is 0 Å². The maximum absolute atomic E-state index is 4.40. The van der Waals surface area contributed by atoms with Gasteiger partial charge in [-0.1, -0.05) is 32.9 Å². The SMILES string of the molecule is C=C1CCC2C3C(C(C)C)CCC(C)C123. The molecule has 0 nitrogen and oxygen atoms in total. The summed E-state index contributed by atoms with van der Waals surface area (Å²) in [5.41, 5.74) is 2.25. The van der Waals surface area contributed by atoms with Crippen molar-refractivity contribution in [1.29, 1.82) is 0 Å². The van der Waals surface area contributed by atoms with E-state index in [9.17, 15) is 0 Å². The van der Waals surface area contributed by atoms with Crippen molar-refractivity contribution in [3.63, 3.8) is 0 Å². The Balaban J connectivity index is 1.93. The molecule has 3 saturated carbocycles. The van der Waals surface area contributed by atoms with Crippen molar-refractivity contribution < 1.29 is 0 Å². The Morgan fingerprint density at radius 1 is 1.27 bits per heavy atom. The molecule has 0 aromatic carbocycles. The Morgan fingerprint density at radius 3 is 2.67 bits per heavy atom. The summed E-state index contributed by atoms with van der Waals surface area (Å²) in [5.74, 6) is 4.89. The molecule has 5 unspecified atom stereocenters. The fraction of sp³-hybridized carbons (Fsp3) is 0.867. The molecule has 0 aromatic rings. The van der Waals surface area contributed by atoms with Crippen LogP contribution in [0.3, 0.4) is 0 Å². The third-order valence-electron chi connectivity index (χ3n) is 5.93. The summed E-state index contributed by atoms with van der Waals surface area (Å²) in [7, 11) is 0. The van der Waals surface area contributed by atoms with Crippen molar-refractivity contribution in [2.45, 2.75) is 46.5 Å². The molecule has 0 aliphatic heterocycles. The van der Waals surface area contributed by atoms with Crippen LogP contribution in [0.1, 0.15) is 46.5 Å². The number of hydrogen-bond acceptors (Lipinski definition) is 0. The topological polar surface area (TPSA) is 0 Å². The van der Waals surface area contributed by atoms with E-state index in [1.165, 1.54) is 25.7 Å². The lowest BCUT2D eigenvalue weighted by molar-refractivity contribution is 0.170. The van der Waals surface area contributed by atoms with Gasteiger partial charge in [0.15, 0.2) is 0 Å². The molecule has 0 bridgehead atoms. The number of rotatable bonds is 1. The lowest BCUT2D eigenvalue weighted by Crippen LogP contribution is -2.28. The van der Waals surface area contributed by atoms with Gasteiger partial charge in [0.05, 0.1) is 0 Å². The van der Waals surface area contributed by atoms with Crippen LogP contribution in [0.25, 0.3) is 0 Å². The molecule has 0 heterocycles. The summed E-state index contributed by atoms with van der Waals surface area (Å²) in [6.45, 7) is 11.7. The standard InChI is InChI=1S/C15H24/c1-9(2)12-7-5-10(3)15-11(4)6-8-13(15)14(12)15/h9-10,12-14H,4-8H2,1-3H3. The van der Waals surface area contributed by atoms with Gasteiger partial charge >= 0.3 is 0 Å². The van der Waals surface area contributed by atoms with Crippen molar-refractivity contribution in [2.75, 3.05) is 0 Å². The molecular formula is C15H24. The molecule has 15 heavy (non-hydrogen) atoms. The first-order chi connectivity index (χ1) is 7.10. The third-order valence-corrected chi connectivity index (χ3v) is 5.93. The van der Waals surface area contributed by atoms with Gasteiger partial charge in [-0.25, -0.2) is 0 Å². The van der Waals surface area contributed by atoms with Gasteiger partial charge in [-0.05, 0) is 55.3 Å². The fourth-order valence-corrected chi connectivity index (χ4v) is 5.28. The Morgan fingerprint density at radius 2 is 2.00 bits per heavy atom. The molecule has 3 aliphatic rings. The Bertz CT molecular complexity index is 301. The first kappa shape index (κ1) is 9.93. The molecular weight excluding hydrogens is 180 g/mol. The van der Waals surface area contributed by atoms with Crippen LogP contribution in [0.2, 0.25) is 0 Å². The van der Waals surface area contributed by atoms with Crippen molar-refractivity contribution >= 4 is 0 Å². The number of allylic oxidation sites excluding steroid dienone is 1. The van der Waals surface area contributed by atoms with Gasteiger partial charge < -0.3 is 0 Å². The van der Waals surface area contributed by atoms with Crippen LogP contribution < -0.4 is 0 Å². The van der Waals surface area contributed by atoms with Crippen LogP contribution >= 0.6 is 0 Å². The number of hydrogen-bond donors (Lipinski definition) is 0. The first-order valence-electron chi connectivity index (χ1n) is 6.78. The zero-order chi connectivity index (χ0) is 10.8. The van der Waals surface area contributed by atoms with E-state index in [0.29, 0.717) is 5.41 Å². The fourth-order valence-electron chi connectivity index (χ4n) is 5.28. The third kappa shape index (κ3) is 0.990. The second kappa shape index (κ2) is 2.90. The minimum Gasteiger partial charge on any atom is -0.0993 e. The average Bonchev–Trinajstić information content (AvgIpc) is 2.75. The van der Waals surface area contributed by atoms with Crippen LogP contribution in [0.15, 0.2) is 12.2 Å². The molecule has 3 aliphatic carbocycles. The highest BCUT2D eigenvalue weighted by Gasteiger charge is 2.73. The van der Waals surface area contributed by atoms with Crippen molar-refractivity contribution in [3.05, 3.63) is 12.2 Å². The van der Waals surface area contributed by atoms with E-state index in [1.54, 1.807) is 5.57 Å². The molecule has 0 N–H and O–H groups in total. The second-order valence-corrected chi connectivity index (χ2v) is 6.59. The predicted molar refractivity (Wildman–Crippen MR) is 64.5 cm³/mol. The van der Waals surface area contributed by atoms with Crippen molar-refractivity contribution in [3.8, 4) is 0 Å². The van der Waals surface area contributed by atoms with Crippen molar-refractivity contribution in [2.24, 2.45) is 35.0 Å². The maximum Gasteiger partial charge on any atom is 0.0000132 e. The maximum atomic E-state index is 4.40. The second-order valence-electron chi connectivity index (χ2n) is 6.59. The van der Waals surface area contributed by atoms with E-state index in [0.717, 1.165) is 29.6 Å². The van der Waals surface area contributed by atoms with E-state index >= 15 is 0 Å². The molecule has 0 amide bonds. The van der Waals surface area contributed by atoms with Crippen LogP contribution in [0, 0.1) is 35.0 Å². The normalized spacial score (nSPS) is 52.9. The van der Waals surface area contributed by atoms with Gasteiger partial charge in [0.2, 0.25) is 0 Å². The molecule has 0 aromatic heterocycles. The highest BCUT2D eigenvalue weighted by atomic mass is 14.8. The van der Waals surface area contributed by atoms with Crippen LogP contribution in [-0.4, -0.2) is 0 Å². The van der Waals surface area contributed by atoms with Gasteiger partial charge in [-0.2, -0.15) is 0 Å². The summed E-state index contributed by atoms with van der Waals surface area (Å²) >= 11 is 0. The molecule has 0 radical (unpaired) electrons. The molecule has 3 fully saturated rings. The molecule has 3 rings (SSSR count). The van der Waals surface area contributed by atoms with Gasteiger partial charge in [-0.15, -0.1) is 0 Å². The smallest absolute Gasteiger partial charge is 0.0000132 e. The Kier molecular flexibility index (Phi) is 1.92. The summed E-state index contributed by atoms with van der Waals surface area (Å²) in [6.07, 6.45) is 5.72. The molecule has 5 atom stereocenters. The average molecular weight is 204 g/mol. The zero-order valence-corrected chi connectivity index (χ0v) is 10.4. The first-order valence-corrected chi connectivity index (χ1v) is 6.78. The summed E-state index contributed by atoms with van der Waals surface area (Å²) < 4.78 is 0. The lowest BCUT2D eigenvalue weighted by atomic mass is 9.68. The van der Waals surface area contributed by atoms with Gasteiger partial charge in [0.25, 0.3) is 0 Å². The van der Waals surface area contributed by atoms with Crippen LogP contribution in [0.4, 0.5) is 0 Å². The minimum atomic E-state index is 0.632. The molecule has 1 spiro atoms. The van der Waals surface area contributed by atoms with Crippen LogP contribution in [-0.2, 0) is 0 Å². The predicted octanol–water partition coefficient (Wildman–Crippen LogP) is 4.27. The van der Waals surface area contributed by atoms with E-state index in [4.69, 9.17) is 0 Å². The molecule has 84 valence electrons. The Hall–Kier alpha value is -0.260. The number of fused-ring (bicyclic) bond motifs is 1. The van der Waals surface area contributed by atoms with Gasteiger partial charge in [-0.3, -0.25) is 0 Å². The van der Waals surface area contributed by atoms with Crippen LogP contribution in [0.5, 0.6) is 0 Å². The minimum absolute atomic E-state index is 0.632. The van der Waals surface area contributed by atoms with Crippen molar-refractivity contribution in [1.82, 2.24) is 0 Å². The molecule has 0 saturated heterocycles. The van der Waals surface area contributed by atoms with E-state index < -0.39 is 0 Å². The lowest BCUT2D eigenvalue weighted by Gasteiger charge is -2.36. The Labute approximate surface area is 94.1 Å². The van der Waals surface area contributed by atoms with E-state index in [-0.39, 0.29) is 0 Å². The summed E-state index contributed by atoms with van der Waals surface area (Å²) in [4.78, 5) is 0. The molecule has 0 heteroatoms.